The van der Waals surface area contributed by atoms with Crippen LogP contribution in [0.15, 0.2) is 48.5 Å². The fraction of sp³-hybridized carbons (Fsp3) is 0.360. The molecule has 0 aliphatic carbocycles. The lowest BCUT2D eigenvalue weighted by atomic mass is 9.87. The van der Waals surface area contributed by atoms with Crippen molar-refractivity contribution in [3.8, 4) is 10.4 Å². The van der Waals surface area contributed by atoms with Crippen LogP contribution in [0.2, 0.25) is 0 Å². The maximum Gasteiger partial charge on any atom is 0.253 e. The molecule has 1 spiro atoms. The van der Waals surface area contributed by atoms with Gasteiger partial charge in [0.2, 0.25) is 0 Å². The average molecular weight is 436 g/mol. The summed E-state index contributed by atoms with van der Waals surface area (Å²) >= 11 is 1.50. The van der Waals surface area contributed by atoms with Crippen molar-refractivity contribution < 1.29 is 19.4 Å². The molecule has 0 bridgehead atoms. The van der Waals surface area contributed by atoms with Gasteiger partial charge in [-0.1, -0.05) is 18.2 Å². The van der Waals surface area contributed by atoms with E-state index in [1.165, 1.54) is 11.3 Å². The van der Waals surface area contributed by atoms with Crippen LogP contribution in [0.25, 0.3) is 21.2 Å². The van der Waals surface area contributed by atoms with Gasteiger partial charge in [0.15, 0.2) is 5.78 Å². The molecule has 0 saturated carbocycles. The van der Waals surface area contributed by atoms with E-state index >= 15 is 0 Å². The number of thiophene rings is 1. The van der Waals surface area contributed by atoms with E-state index < -0.39 is 0 Å². The Morgan fingerprint density at radius 3 is 2.48 bits per heavy atom. The van der Waals surface area contributed by atoms with Gasteiger partial charge in [0.05, 0.1) is 23.2 Å². The van der Waals surface area contributed by atoms with Crippen LogP contribution in [0.4, 0.5) is 0 Å². The second-order valence-corrected chi connectivity index (χ2v) is 9.72. The van der Waals surface area contributed by atoms with E-state index in [0.29, 0.717) is 31.7 Å². The van der Waals surface area contributed by atoms with E-state index in [9.17, 15) is 14.7 Å². The molecular weight excluding hydrogens is 410 g/mol. The minimum atomic E-state index is -0.379. The number of carbonyl (C=O) groups is 2. The van der Waals surface area contributed by atoms with Crippen molar-refractivity contribution in [1.29, 1.82) is 0 Å². The molecule has 1 amide bonds. The molecule has 2 aromatic carbocycles. The minimum Gasteiger partial charge on any atom is -0.391 e. The summed E-state index contributed by atoms with van der Waals surface area (Å²) in [6.45, 7) is 3.29. The molecule has 3 aromatic rings. The third-order valence-corrected chi connectivity index (χ3v) is 7.71. The standard InChI is InChI=1S/C25H25NO4S/c1-16(27)22-6-7-23(31-22)19-4-2-18-13-20(5-3-17(18)12-19)24(29)26-10-8-25(9-11-26)14-21(28)15-30-25/h2-7,12-13,21,28H,8-11,14-15H2,1H3. The van der Waals surface area contributed by atoms with Crippen molar-refractivity contribution in [3.05, 3.63) is 59.0 Å². The van der Waals surface area contributed by atoms with E-state index in [4.69, 9.17) is 4.74 Å². The molecule has 160 valence electrons. The number of fused-ring (bicyclic) bond motifs is 1. The Balaban J connectivity index is 1.33. The van der Waals surface area contributed by atoms with Gasteiger partial charge in [-0.2, -0.15) is 0 Å². The highest BCUT2D eigenvalue weighted by Gasteiger charge is 2.42. The lowest BCUT2D eigenvalue weighted by Gasteiger charge is -2.38. The number of likely N-dealkylation sites (tertiary alicyclic amines) is 1. The van der Waals surface area contributed by atoms with Gasteiger partial charge >= 0.3 is 0 Å². The predicted molar refractivity (Wildman–Crippen MR) is 122 cm³/mol. The maximum atomic E-state index is 13.1. The number of carbonyl (C=O) groups excluding carboxylic acids is 2. The van der Waals surface area contributed by atoms with Crippen LogP contribution in [-0.4, -0.2) is 53.1 Å². The third kappa shape index (κ3) is 3.91. The fourth-order valence-corrected chi connectivity index (χ4v) is 5.58. The first-order valence-corrected chi connectivity index (χ1v) is 11.5. The Morgan fingerprint density at radius 1 is 1.06 bits per heavy atom. The number of aliphatic hydroxyl groups excluding tert-OH is 1. The zero-order valence-corrected chi connectivity index (χ0v) is 18.3. The van der Waals surface area contributed by atoms with Crippen LogP contribution in [0.3, 0.4) is 0 Å². The molecule has 5 rings (SSSR count). The molecule has 2 fully saturated rings. The molecule has 2 saturated heterocycles. The number of hydrogen-bond acceptors (Lipinski definition) is 5. The van der Waals surface area contributed by atoms with Crippen LogP contribution in [0.5, 0.6) is 0 Å². The van der Waals surface area contributed by atoms with Gasteiger partial charge in [-0.3, -0.25) is 9.59 Å². The molecule has 1 aromatic heterocycles. The van der Waals surface area contributed by atoms with Gasteiger partial charge in [-0.05, 0) is 66.4 Å². The van der Waals surface area contributed by atoms with Crippen LogP contribution >= 0.6 is 11.3 Å². The quantitative estimate of drug-likeness (QED) is 0.614. The third-order valence-electron chi connectivity index (χ3n) is 6.48. The molecule has 6 heteroatoms. The highest BCUT2D eigenvalue weighted by molar-refractivity contribution is 7.17. The Kier molecular flexibility index (Phi) is 5.16. The van der Waals surface area contributed by atoms with E-state index in [1.807, 2.05) is 47.4 Å². The lowest BCUT2D eigenvalue weighted by molar-refractivity contribution is -0.0397. The molecule has 0 radical (unpaired) electrons. The summed E-state index contributed by atoms with van der Waals surface area (Å²) in [6, 6.07) is 15.9. The largest absolute Gasteiger partial charge is 0.391 e. The number of benzene rings is 2. The normalized spacial score (nSPS) is 20.5. The topological polar surface area (TPSA) is 66.8 Å². The first kappa shape index (κ1) is 20.4. The molecule has 3 heterocycles. The van der Waals surface area contributed by atoms with Gasteiger partial charge in [0.1, 0.15) is 0 Å². The van der Waals surface area contributed by atoms with E-state index in [0.717, 1.165) is 38.9 Å². The summed E-state index contributed by atoms with van der Waals surface area (Å²) < 4.78 is 5.84. The van der Waals surface area contributed by atoms with E-state index in [2.05, 4.69) is 6.07 Å². The van der Waals surface area contributed by atoms with Gasteiger partial charge in [-0.15, -0.1) is 11.3 Å². The number of rotatable bonds is 3. The summed E-state index contributed by atoms with van der Waals surface area (Å²) in [5, 5.41) is 11.9. The monoisotopic (exact) mass is 435 g/mol. The molecule has 2 aliphatic heterocycles. The molecule has 1 unspecified atom stereocenters. The lowest BCUT2D eigenvalue weighted by Crippen LogP contribution is -2.46. The smallest absolute Gasteiger partial charge is 0.253 e. The van der Waals surface area contributed by atoms with E-state index in [1.54, 1.807) is 6.92 Å². The van der Waals surface area contributed by atoms with Crippen molar-refractivity contribution in [2.24, 2.45) is 0 Å². The maximum absolute atomic E-state index is 13.1. The number of ether oxygens (including phenoxy) is 1. The second kappa shape index (κ2) is 7.86. The molecule has 5 nitrogen and oxygen atoms in total. The number of Topliss-reactive ketones (excluding diaryl/α,β-unsaturated/α-hetero) is 1. The summed E-state index contributed by atoms with van der Waals surface area (Å²) in [6.07, 6.45) is 1.84. The highest BCUT2D eigenvalue weighted by Crippen LogP contribution is 2.36. The number of ketones is 1. The molecule has 31 heavy (non-hydrogen) atoms. The molecule has 1 atom stereocenters. The second-order valence-electron chi connectivity index (χ2n) is 8.64. The summed E-state index contributed by atoms with van der Waals surface area (Å²) in [7, 11) is 0. The SMILES string of the molecule is CC(=O)c1ccc(-c2ccc3cc(C(=O)N4CCC5(CC4)CC(O)CO5)ccc3c2)s1. The summed E-state index contributed by atoms with van der Waals surface area (Å²) in [5.74, 6) is 0.128. The molecule has 2 aliphatic rings. The van der Waals surface area contributed by atoms with Gasteiger partial charge in [0, 0.05) is 30.0 Å². The first-order valence-electron chi connectivity index (χ1n) is 10.7. The van der Waals surface area contributed by atoms with Gasteiger partial charge in [-0.25, -0.2) is 0 Å². The Labute approximate surface area is 185 Å². The van der Waals surface area contributed by atoms with Crippen molar-refractivity contribution in [1.82, 2.24) is 4.90 Å². The molecule has 1 N–H and O–H groups in total. The van der Waals surface area contributed by atoms with Gasteiger partial charge in [0.25, 0.3) is 5.91 Å². The number of aliphatic hydroxyl groups is 1. The Bertz CT molecular complexity index is 1160. The fourth-order valence-electron chi connectivity index (χ4n) is 4.68. The number of hydrogen-bond donors (Lipinski definition) is 1. The minimum absolute atomic E-state index is 0.0451. The predicted octanol–water partition coefficient (Wildman–Crippen LogP) is 4.53. The van der Waals surface area contributed by atoms with Crippen LogP contribution < -0.4 is 0 Å². The Morgan fingerprint density at radius 2 is 1.81 bits per heavy atom. The van der Waals surface area contributed by atoms with E-state index in [-0.39, 0.29) is 23.4 Å². The molecular formula is C25H25NO4S. The van der Waals surface area contributed by atoms with Crippen LogP contribution in [-0.2, 0) is 4.74 Å². The van der Waals surface area contributed by atoms with Crippen molar-refractivity contribution in [2.75, 3.05) is 19.7 Å². The highest BCUT2D eigenvalue weighted by atomic mass is 32.1. The number of piperidine rings is 1. The average Bonchev–Trinajstić information content (AvgIpc) is 3.41. The van der Waals surface area contributed by atoms with Crippen LogP contribution in [0, 0.1) is 0 Å². The van der Waals surface area contributed by atoms with Crippen molar-refractivity contribution in [3.63, 3.8) is 0 Å². The van der Waals surface area contributed by atoms with Gasteiger partial charge < -0.3 is 14.7 Å². The van der Waals surface area contributed by atoms with Crippen molar-refractivity contribution in [2.45, 2.75) is 37.9 Å². The first-order chi connectivity index (χ1) is 14.9. The Hall–Kier alpha value is -2.54. The number of nitrogens with zero attached hydrogens (tertiary/aromatic N) is 1. The zero-order valence-electron chi connectivity index (χ0n) is 17.5. The summed E-state index contributed by atoms with van der Waals surface area (Å²) in [4.78, 5) is 28.4. The number of amides is 1. The zero-order chi connectivity index (χ0) is 21.6. The van der Waals surface area contributed by atoms with Crippen LogP contribution in [0.1, 0.15) is 46.2 Å². The summed E-state index contributed by atoms with van der Waals surface area (Å²) in [5.41, 5.74) is 1.52. The van der Waals surface area contributed by atoms with Crippen molar-refractivity contribution >= 4 is 33.8 Å².